The molecule has 0 aliphatic carbocycles. The highest BCUT2D eigenvalue weighted by molar-refractivity contribution is 6.33. The molecule has 4 heteroatoms. The van der Waals surface area contributed by atoms with E-state index in [9.17, 15) is 0 Å². The van der Waals surface area contributed by atoms with Crippen molar-refractivity contribution in [2.75, 3.05) is 0 Å². The van der Waals surface area contributed by atoms with Crippen molar-refractivity contribution in [2.24, 2.45) is 0 Å². The van der Waals surface area contributed by atoms with Crippen molar-refractivity contribution in [3.63, 3.8) is 0 Å². The van der Waals surface area contributed by atoms with Gasteiger partial charge in [-0.15, -0.1) is 0 Å². The zero-order valence-electron chi connectivity index (χ0n) is 8.45. The predicted molar refractivity (Wildman–Crippen MR) is 56.7 cm³/mol. The number of rotatable bonds is 0. The quantitative estimate of drug-likeness (QED) is 0.668. The van der Waals surface area contributed by atoms with Crippen molar-refractivity contribution in [1.82, 2.24) is 14.6 Å². The molecule has 0 amide bonds. The maximum Gasteiger partial charge on any atom is 0.172 e. The Balaban J connectivity index is 2.69. The molecule has 0 aliphatic heterocycles. The molecular weight excluding hydrogens is 198 g/mol. The van der Waals surface area contributed by atoms with Gasteiger partial charge in [0.25, 0.3) is 0 Å². The fourth-order valence-corrected chi connectivity index (χ4v) is 1.41. The van der Waals surface area contributed by atoms with Gasteiger partial charge in [0.15, 0.2) is 5.65 Å². The Morgan fingerprint density at radius 2 is 2.07 bits per heavy atom. The van der Waals surface area contributed by atoms with Gasteiger partial charge in [0, 0.05) is 11.6 Å². The van der Waals surface area contributed by atoms with Gasteiger partial charge >= 0.3 is 0 Å². The van der Waals surface area contributed by atoms with Crippen molar-refractivity contribution in [1.29, 1.82) is 0 Å². The molecule has 0 aliphatic rings. The normalized spacial score (nSPS) is 12.3. The molecule has 2 aromatic heterocycles. The van der Waals surface area contributed by atoms with Gasteiger partial charge in [-0.3, -0.25) is 0 Å². The van der Waals surface area contributed by atoms with Crippen LogP contribution in [-0.2, 0) is 5.41 Å². The maximum absolute atomic E-state index is 6.00. The maximum atomic E-state index is 6.00. The molecule has 0 spiro atoms. The van der Waals surface area contributed by atoms with Crippen molar-refractivity contribution in [3.8, 4) is 0 Å². The summed E-state index contributed by atoms with van der Waals surface area (Å²) in [4.78, 5) is 4.45. The number of imidazole rings is 1. The van der Waals surface area contributed by atoms with E-state index in [1.54, 1.807) is 16.8 Å². The van der Waals surface area contributed by atoms with Crippen molar-refractivity contribution >= 4 is 17.2 Å². The largest absolute Gasteiger partial charge is 0.230 e. The van der Waals surface area contributed by atoms with Crippen LogP contribution in [0, 0.1) is 0 Å². The van der Waals surface area contributed by atoms with Crippen LogP contribution in [0.4, 0.5) is 0 Å². The lowest BCUT2D eigenvalue weighted by Gasteiger charge is -2.13. The zero-order chi connectivity index (χ0) is 10.3. The average Bonchev–Trinajstić information content (AvgIpc) is 2.48. The lowest BCUT2D eigenvalue weighted by Crippen LogP contribution is -2.11. The predicted octanol–water partition coefficient (Wildman–Crippen LogP) is 2.68. The Hall–Kier alpha value is -1.09. The van der Waals surface area contributed by atoms with Crippen LogP contribution in [0.5, 0.6) is 0 Å². The molecule has 74 valence electrons. The topological polar surface area (TPSA) is 30.2 Å². The minimum absolute atomic E-state index is 0.0248. The zero-order valence-corrected chi connectivity index (χ0v) is 9.21. The van der Waals surface area contributed by atoms with Gasteiger partial charge in [-0.05, 0) is 6.07 Å². The molecule has 2 heterocycles. The second kappa shape index (κ2) is 2.95. The van der Waals surface area contributed by atoms with Crippen LogP contribution < -0.4 is 0 Å². The summed E-state index contributed by atoms with van der Waals surface area (Å²) in [5, 5.41) is 4.78. The van der Waals surface area contributed by atoms with Gasteiger partial charge in [0.05, 0.1) is 16.9 Å². The van der Waals surface area contributed by atoms with Gasteiger partial charge in [-0.2, -0.15) is 5.10 Å². The number of aromatic nitrogens is 3. The first kappa shape index (κ1) is 9.46. The summed E-state index contributed by atoms with van der Waals surface area (Å²) in [5.74, 6) is 0. The van der Waals surface area contributed by atoms with Crippen LogP contribution in [0.25, 0.3) is 5.65 Å². The summed E-state index contributed by atoms with van der Waals surface area (Å²) in [6.45, 7) is 6.34. The minimum atomic E-state index is 0.0248. The SMILES string of the molecule is CC(C)(C)c1cn2nccc(Cl)c2n1. The van der Waals surface area contributed by atoms with Gasteiger partial charge < -0.3 is 0 Å². The van der Waals surface area contributed by atoms with E-state index in [1.807, 2.05) is 6.20 Å². The number of nitrogens with zero attached hydrogens (tertiary/aromatic N) is 3. The Bertz CT molecular complexity index is 468. The van der Waals surface area contributed by atoms with E-state index in [0.29, 0.717) is 5.02 Å². The summed E-state index contributed by atoms with van der Waals surface area (Å²) in [7, 11) is 0. The van der Waals surface area contributed by atoms with Crippen LogP contribution in [0.15, 0.2) is 18.5 Å². The molecule has 0 aromatic carbocycles. The third-order valence-electron chi connectivity index (χ3n) is 2.08. The molecule has 0 saturated heterocycles. The summed E-state index contributed by atoms with van der Waals surface area (Å²) in [5.41, 5.74) is 1.74. The van der Waals surface area contributed by atoms with E-state index in [-0.39, 0.29) is 5.41 Å². The summed E-state index contributed by atoms with van der Waals surface area (Å²) < 4.78 is 1.71. The Labute approximate surface area is 87.7 Å². The molecule has 2 aromatic rings. The lowest BCUT2D eigenvalue weighted by molar-refractivity contribution is 0.572. The second-order valence-electron chi connectivity index (χ2n) is 4.32. The Morgan fingerprint density at radius 1 is 1.36 bits per heavy atom. The fourth-order valence-electron chi connectivity index (χ4n) is 1.23. The standard InChI is InChI=1S/C10H12ClN3/c1-10(2,3)8-6-14-9(13-8)7(11)4-5-12-14/h4-6H,1-3H3. The molecule has 14 heavy (non-hydrogen) atoms. The van der Waals surface area contributed by atoms with Crippen molar-refractivity contribution in [3.05, 3.63) is 29.2 Å². The van der Waals surface area contributed by atoms with E-state index in [0.717, 1.165) is 11.3 Å². The van der Waals surface area contributed by atoms with Crippen molar-refractivity contribution in [2.45, 2.75) is 26.2 Å². The molecule has 0 N–H and O–H groups in total. The highest BCUT2D eigenvalue weighted by Crippen LogP contribution is 2.23. The Morgan fingerprint density at radius 3 is 2.64 bits per heavy atom. The molecule has 0 bridgehead atoms. The van der Waals surface area contributed by atoms with E-state index in [2.05, 4.69) is 30.9 Å². The number of halogens is 1. The molecular formula is C10H12ClN3. The van der Waals surface area contributed by atoms with Gasteiger partial charge in [-0.1, -0.05) is 32.4 Å². The lowest BCUT2D eigenvalue weighted by atomic mass is 9.93. The smallest absolute Gasteiger partial charge is 0.172 e. The van der Waals surface area contributed by atoms with Gasteiger partial charge in [0.1, 0.15) is 0 Å². The van der Waals surface area contributed by atoms with Crippen LogP contribution in [0.2, 0.25) is 5.02 Å². The second-order valence-corrected chi connectivity index (χ2v) is 4.73. The van der Waals surface area contributed by atoms with Crippen LogP contribution in [0.1, 0.15) is 26.5 Å². The molecule has 0 atom stereocenters. The first-order chi connectivity index (χ1) is 6.48. The molecule has 0 saturated carbocycles. The van der Waals surface area contributed by atoms with E-state index in [1.165, 1.54) is 0 Å². The first-order valence-electron chi connectivity index (χ1n) is 4.49. The molecule has 0 unspecified atom stereocenters. The molecule has 3 nitrogen and oxygen atoms in total. The summed E-state index contributed by atoms with van der Waals surface area (Å²) in [6, 6.07) is 1.75. The van der Waals surface area contributed by atoms with E-state index in [4.69, 9.17) is 11.6 Å². The number of hydrogen-bond acceptors (Lipinski definition) is 2. The highest BCUT2D eigenvalue weighted by Gasteiger charge is 2.18. The number of fused-ring (bicyclic) bond motifs is 1. The van der Waals surface area contributed by atoms with Crippen LogP contribution in [-0.4, -0.2) is 14.6 Å². The average molecular weight is 210 g/mol. The number of hydrogen-bond donors (Lipinski definition) is 0. The van der Waals surface area contributed by atoms with E-state index >= 15 is 0 Å². The Kier molecular flexibility index (Phi) is 2.00. The van der Waals surface area contributed by atoms with Crippen LogP contribution >= 0.6 is 11.6 Å². The van der Waals surface area contributed by atoms with Crippen LogP contribution in [0.3, 0.4) is 0 Å². The fraction of sp³-hybridized carbons (Fsp3) is 0.400. The molecule has 2 rings (SSSR count). The third kappa shape index (κ3) is 1.48. The monoisotopic (exact) mass is 209 g/mol. The van der Waals surface area contributed by atoms with Crippen molar-refractivity contribution < 1.29 is 0 Å². The minimum Gasteiger partial charge on any atom is -0.230 e. The molecule has 0 radical (unpaired) electrons. The van der Waals surface area contributed by atoms with E-state index < -0.39 is 0 Å². The highest BCUT2D eigenvalue weighted by atomic mass is 35.5. The third-order valence-corrected chi connectivity index (χ3v) is 2.38. The molecule has 0 fully saturated rings. The van der Waals surface area contributed by atoms with Gasteiger partial charge in [-0.25, -0.2) is 9.50 Å². The first-order valence-corrected chi connectivity index (χ1v) is 4.86. The van der Waals surface area contributed by atoms with Gasteiger partial charge in [0.2, 0.25) is 0 Å². The summed E-state index contributed by atoms with van der Waals surface area (Å²) >= 11 is 6.00. The summed E-state index contributed by atoms with van der Waals surface area (Å²) in [6.07, 6.45) is 3.59.